The Labute approximate surface area is 81.3 Å². The van der Waals surface area contributed by atoms with Crippen molar-refractivity contribution in [2.45, 2.75) is 4.43 Å². The second kappa shape index (κ2) is 3.64. The minimum absolute atomic E-state index is 0.145. The molecule has 0 aliphatic carbocycles. The van der Waals surface area contributed by atoms with Crippen molar-refractivity contribution in [2.75, 3.05) is 0 Å². The fourth-order valence-corrected chi connectivity index (χ4v) is 1.16. The molecule has 0 aliphatic heterocycles. The topological polar surface area (TPSA) is 38.7 Å². The van der Waals surface area contributed by atoms with Gasteiger partial charge in [-0.1, -0.05) is 22.6 Å². The van der Waals surface area contributed by atoms with Crippen LogP contribution in [0.2, 0.25) is 10.6 Å². The highest BCUT2D eigenvalue weighted by Crippen LogP contribution is 2.08. The van der Waals surface area contributed by atoms with E-state index in [2.05, 4.69) is 37.5 Å². The fraction of sp³-hybridized carbons (Fsp3) is 0.250. The maximum absolute atomic E-state index is 5.48. The number of hydrogen-bond acceptors (Lipinski definition) is 3. The Balaban J connectivity index is 3.06. The Hall–Kier alpha value is 0.320. The van der Waals surface area contributed by atoms with Gasteiger partial charge in [-0.05, 0) is 23.2 Å². The van der Waals surface area contributed by atoms with Gasteiger partial charge in [0, 0.05) is 0 Å². The van der Waals surface area contributed by atoms with Gasteiger partial charge in [-0.25, -0.2) is 9.97 Å². The quantitative estimate of drug-likeness (QED) is 0.587. The molecular weight excluding hydrogens is 288 g/mol. The van der Waals surface area contributed by atoms with Crippen molar-refractivity contribution >= 4 is 45.8 Å². The lowest BCUT2D eigenvalue weighted by Gasteiger charge is -1.93. The third-order valence-electron chi connectivity index (χ3n) is 0.747. The average Bonchev–Trinajstić information content (AvgIpc) is 1.85. The predicted octanol–water partition coefficient (Wildman–Crippen LogP) is 2.11. The molecule has 0 unspecified atom stereocenters. The molecule has 0 amide bonds. The first-order valence-corrected chi connectivity index (χ1v) is 4.62. The van der Waals surface area contributed by atoms with Crippen LogP contribution >= 0.6 is 45.8 Å². The van der Waals surface area contributed by atoms with E-state index in [1.54, 1.807) is 0 Å². The molecule has 3 nitrogen and oxygen atoms in total. The SMILES string of the molecule is Clc1nc(Cl)nc(CI)n1. The monoisotopic (exact) mass is 289 g/mol. The summed E-state index contributed by atoms with van der Waals surface area (Å²) in [6.07, 6.45) is 0. The van der Waals surface area contributed by atoms with Crippen LogP contribution in [0.5, 0.6) is 0 Å². The van der Waals surface area contributed by atoms with E-state index in [1.807, 2.05) is 0 Å². The molecule has 1 aromatic rings. The van der Waals surface area contributed by atoms with Crippen LogP contribution in [0.1, 0.15) is 5.82 Å². The van der Waals surface area contributed by atoms with Crippen molar-refractivity contribution < 1.29 is 0 Å². The molecule has 0 spiro atoms. The van der Waals surface area contributed by atoms with Gasteiger partial charge in [0.2, 0.25) is 10.6 Å². The minimum atomic E-state index is 0.145. The van der Waals surface area contributed by atoms with Crippen molar-refractivity contribution in [1.29, 1.82) is 0 Å². The fourth-order valence-electron chi connectivity index (χ4n) is 0.424. The normalized spacial score (nSPS) is 9.90. The van der Waals surface area contributed by atoms with Gasteiger partial charge in [-0.2, -0.15) is 4.98 Å². The van der Waals surface area contributed by atoms with Crippen LogP contribution in [0.4, 0.5) is 0 Å². The summed E-state index contributed by atoms with van der Waals surface area (Å²) in [6.45, 7) is 0. The van der Waals surface area contributed by atoms with Crippen LogP contribution in [0.25, 0.3) is 0 Å². The molecule has 1 rings (SSSR count). The van der Waals surface area contributed by atoms with E-state index in [0.717, 1.165) is 0 Å². The first kappa shape index (κ1) is 8.42. The lowest BCUT2D eigenvalue weighted by atomic mass is 10.7. The van der Waals surface area contributed by atoms with Gasteiger partial charge in [-0.15, -0.1) is 0 Å². The summed E-state index contributed by atoms with van der Waals surface area (Å²) < 4.78 is 0.680. The van der Waals surface area contributed by atoms with E-state index in [1.165, 1.54) is 0 Å². The molecular formula is C4H2Cl2IN3. The van der Waals surface area contributed by atoms with Gasteiger partial charge < -0.3 is 0 Å². The van der Waals surface area contributed by atoms with E-state index in [-0.39, 0.29) is 10.6 Å². The van der Waals surface area contributed by atoms with Crippen molar-refractivity contribution in [3.8, 4) is 0 Å². The molecule has 54 valence electrons. The highest BCUT2D eigenvalue weighted by molar-refractivity contribution is 14.1. The summed E-state index contributed by atoms with van der Waals surface area (Å²) in [5.74, 6) is 0.602. The van der Waals surface area contributed by atoms with Crippen LogP contribution in [0, 0.1) is 0 Å². The summed E-state index contributed by atoms with van der Waals surface area (Å²) in [6, 6.07) is 0. The number of alkyl halides is 1. The highest BCUT2D eigenvalue weighted by atomic mass is 127. The largest absolute Gasteiger partial charge is 0.226 e. The summed E-state index contributed by atoms with van der Waals surface area (Å²) in [5, 5.41) is 0.290. The maximum Gasteiger partial charge on any atom is 0.226 e. The maximum atomic E-state index is 5.48. The molecule has 1 aromatic heterocycles. The number of nitrogens with zero attached hydrogens (tertiary/aromatic N) is 3. The van der Waals surface area contributed by atoms with Gasteiger partial charge in [0.25, 0.3) is 0 Å². The average molecular weight is 290 g/mol. The minimum Gasteiger partial charge on any atom is -0.202 e. The number of aromatic nitrogens is 3. The molecule has 0 radical (unpaired) electrons. The molecule has 0 N–H and O–H groups in total. The highest BCUT2D eigenvalue weighted by Gasteiger charge is 1.99. The molecule has 0 aromatic carbocycles. The summed E-state index contributed by atoms with van der Waals surface area (Å²) in [4.78, 5) is 11.2. The first-order chi connectivity index (χ1) is 4.72. The zero-order valence-electron chi connectivity index (χ0n) is 4.68. The third-order valence-corrected chi connectivity index (χ3v) is 1.77. The summed E-state index contributed by atoms with van der Waals surface area (Å²) in [7, 11) is 0. The molecule has 0 aliphatic rings. The summed E-state index contributed by atoms with van der Waals surface area (Å²) >= 11 is 13.1. The molecule has 6 heteroatoms. The van der Waals surface area contributed by atoms with Crippen molar-refractivity contribution in [3.05, 3.63) is 16.4 Å². The molecule has 0 bridgehead atoms. The van der Waals surface area contributed by atoms with E-state index < -0.39 is 0 Å². The van der Waals surface area contributed by atoms with Gasteiger partial charge in [0.1, 0.15) is 5.82 Å². The summed E-state index contributed by atoms with van der Waals surface area (Å²) in [5.41, 5.74) is 0. The van der Waals surface area contributed by atoms with Crippen LogP contribution in [-0.2, 0) is 4.43 Å². The van der Waals surface area contributed by atoms with Crippen LogP contribution < -0.4 is 0 Å². The Morgan fingerprint density at radius 1 is 1.10 bits per heavy atom. The zero-order valence-corrected chi connectivity index (χ0v) is 8.35. The molecule has 1 heterocycles. The van der Waals surface area contributed by atoms with E-state index in [4.69, 9.17) is 23.2 Å². The van der Waals surface area contributed by atoms with Gasteiger partial charge in [0.05, 0.1) is 4.43 Å². The van der Waals surface area contributed by atoms with Gasteiger partial charge >= 0.3 is 0 Å². The molecule has 0 saturated heterocycles. The van der Waals surface area contributed by atoms with Crippen molar-refractivity contribution in [2.24, 2.45) is 0 Å². The number of halogens is 3. The van der Waals surface area contributed by atoms with E-state index in [9.17, 15) is 0 Å². The second-order valence-electron chi connectivity index (χ2n) is 1.42. The molecule has 0 atom stereocenters. The van der Waals surface area contributed by atoms with E-state index in [0.29, 0.717) is 10.3 Å². The zero-order chi connectivity index (χ0) is 7.56. The van der Waals surface area contributed by atoms with Gasteiger partial charge in [-0.3, -0.25) is 0 Å². The lowest BCUT2D eigenvalue weighted by Crippen LogP contribution is -1.94. The lowest BCUT2D eigenvalue weighted by molar-refractivity contribution is 0.971. The van der Waals surface area contributed by atoms with Crippen LogP contribution in [0.3, 0.4) is 0 Å². The van der Waals surface area contributed by atoms with Crippen molar-refractivity contribution in [3.63, 3.8) is 0 Å². The Morgan fingerprint density at radius 3 is 2.00 bits per heavy atom. The Morgan fingerprint density at radius 2 is 1.60 bits per heavy atom. The Kier molecular flexibility index (Phi) is 3.06. The van der Waals surface area contributed by atoms with Crippen molar-refractivity contribution in [1.82, 2.24) is 15.0 Å². The van der Waals surface area contributed by atoms with Gasteiger partial charge in [0.15, 0.2) is 0 Å². The second-order valence-corrected chi connectivity index (χ2v) is 2.86. The number of rotatable bonds is 1. The molecule has 0 saturated carbocycles. The predicted molar refractivity (Wildman–Crippen MR) is 47.6 cm³/mol. The third kappa shape index (κ3) is 2.17. The Bertz CT molecular complexity index is 222. The van der Waals surface area contributed by atoms with Crippen LogP contribution in [0.15, 0.2) is 0 Å². The first-order valence-electron chi connectivity index (χ1n) is 2.34. The standard InChI is InChI=1S/C4H2Cl2IN3/c5-3-8-2(1-7)9-4(6)10-3/h1H2. The smallest absolute Gasteiger partial charge is 0.202 e. The molecule has 0 fully saturated rings. The van der Waals surface area contributed by atoms with Crippen LogP contribution in [-0.4, -0.2) is 15.0 Å². The molecule has 10 heavy (non-hydrogen) atoms. The van der Waals surface area contributed by atoms with E-state index >= 15 is 0 Å². The number of hydrogen-bond donors (Lipinski definition) is 0.